The molecule has 0 saturated carbocycles. The maximum absolute atomic E-state index is 12.9. The van der Waals surface area contributed by atoms with Gasteiger partial charge in [0.2, 0.25) is 10.0 Å². The molecule has 8 heteroatoms. The van der Waals surface area contributed by atoms with Crippen LogP contribution in [0.4, 0.5) is 5.82 Å². The molecule has 0 unspecified atom stereocenters. The number of ether oxygens (including phenoxy) is 1. The van der Waals surface area contributed by atoms with Gasteiger partial charge in [-0.2, -0.15) is 9.40 Å². The van der Waals surface area contributed by atoms with E-state index in [-0.39, 0.29) is 0 Å². The van der Waals surface area contributed by atoms with Gasteiger partial charge < -0.3 is 9.64 Å². The van der Waals surface area contributed by atoms with Gasteiger partial charge in [0.05, 0.1) is 17.2 Å². The van der Waals surface area contributed by atoms with Crippen molar-refractivity contribution in [1.82, 2.24) is 14.5 Å². The van der Waals surface area contributed by atoms with E-state index in [0.29, 0.717) is 37.7 Å². The van der Waals surface area contributed by atoms with Crippen molar-refractivity contribution in [2.45, 2.75) is 18.2 Å². The fraction of sp³-hybridized carbons (Fsp3) is 0.412. The molecule has 4 rings (SSSR count). The van der Waals surface area contributed by atoms with E-state index < -0.39 is 10.0 Å². The minimum absolute atomic E-state index is 0.348. The molecule has 2 aromatic rings. The highest BCUT2D eigenvalue weighted by atomic mass is 32.2. The quantitative estimate of drug-likeness (QED) is 0.820. The summed E-state index contributed by atoms with van der Waals surface area (Å²) in [6.45, 7) is 4.59. The molecule has 2 aliphatic heterocycles. The standard InChI is InChI=1S/C17H20N4O3S/c1-13-2-5-17(19-18-13)20-7-9-21(10-8-20)25(22,23)15-3-4-16-14(12-15)6-11-24-16/h2-5,12H,6-11H2,1H3. The van der Waals surface area contributed by atoms with Crippen LogP contribution in [0.3, 0.4) is 0 Å². The lowest BCUT2D eigenvalue weighted by Crippen LogP contribution is -2.49. The van der Waals surface area contributed by atoms with E-state index in [1.165, 1.54) is 0 Å². The Bertz CT molecular complexity index is 875. The second-order valence-electron chi connectivity index (χ2n) is 6.29. The zero-order valence-electron chi connectivity index (χ0n) is 14.1. The number of aromatic nitrogens is 2. The van der Waals surface area contributed by atoms with E-state index in [4.69, 9.17) is 4.74 Å². The van der Waals surface area contributed by atoms with Gasteiger partial charge in [0.1, 0.15) is 5.75 Å². The highest BCUT2D eigenvalue weighted by Crippen LogP contribution is 2.29. The van der Waals surface area contributed by atoms with Crippen molar-refractivity contribution in [2.24, 2.45) is 0 Å². The van der Waals surface area contributed by atoms with Crippen molar-refractivity contribution in [3.8, 4) is 5.75 Å². The van der Waals surface area contributed by atoms with Gasteiger partial charge in [0, 0.05) is 32.6 Å². The van der Waals surface area contributed by atoms with Crippen LogP contribution < -0.4 is 9.64 Å². The molecule has 0 amide bonds. The predicted octanol–water partition coefficient (Wildman–Crippen LogP) is 1.23. The van der Waals surface area contributed by atoms with Crippen LogP contribution in [-0.2, 0) is 16.4 Å². The average molecular weight is 360 g/mol. The SMILES string of the molecule is Cc1ccc(N2CCN(S(=O)(=O)c3ccc4c(c3)CCO4)CC2)nn1. The fourth-order valence-corrected chi connectivity index (χ4v) is 4.66. The molecule has 7 nitrogen and oxygen atoms in total. The Morgan fingerprint density at radius 3 is 2.56 bits per heavy atom. The Hall–Kier alpha value is -2.19. The van der Waals surface area contributed by atoms with Crippen LogP contribution in [0.1, 0.15) is 11.3 Å². The van der Waals surface area contributed by atoms with Crippen molar-refractivity contribution >= 4 is 15.8 Å². The maximum Gasteiger partial charge on any atom is 0.243 e. The Morgan fingerprint density at radius 2 is 1.84 bits per heavy atom. The first kappa shape index (κ1) is 16.3. The maximum atomic E-state index is 12.9. The number of hydrogen-bond acceptors (Lipinski definition) is 6. The molecule has 0 atom stereocenters. The van der Waals surface area contributed by atoms with Gasteiger partial charge in [0.15, 0.2) is 5.82 Å². The first-order valence-corrected chi connectivity index (χ1v) is 9.79. The molecule has 25 heavy (non-hydrogen) atoms. The van der Waals surface area contributed by atoms with Gasteiger partial charge in [-0.25, -0.2) is 8.42 Å². The van der Waals surface area contributed by atoms with Crippen molar-refractivity contribution < 1.29 is 13.2 Å². The Labute approximate surface area is 147 Å². The molecular weight excluding hydrogens is 340 g/mol. The zero-order chi connectivity index (χ0) is 17.4. The summed E-state index contributed by atoms with van der Waals surface area (Å²) in [7, 11) is -3.48. The van der Waals surface area contributed by atoms with Gasteiger partial charge in [-0.1, -0.05) is 0 Å². The van der Waals surface area contributed by atoms with E-state index in [9.17, 15) is 8.42 Å². The number of rotatable bonds is 3. The summed E-state index contributed by atoms with van der Waals surface area (Å²) in [4.78, 5) is 2.41. The van der Waals surface area contributed by atoms with Gasteiger partial charge >= 0.3 is 0 Å². The smallest absolute Gasteiger partial charge is 0.243 e. The summed E-state index contributed by atoms with van der Waals surface area (Å²) >= 11 is 0. The van der Waals surface area contributed by atoms with Gasteiger partial charge in [-0.15, -0.1) is 5.10 Å². The zero-order valence-corrected chi connectivity index (χ0v) is 14.9. The van der Waals surface area contributed by atoms with Crippen molar-refractivity contribution in [3.05, 3.63) is 41.6 Å². The summed E-state index contributed by atoms with van der Waals surface area (Å²) < 4.78 is 32.8. The van der Waals surface area contributed by atoms with Crippen LogP contribution >= 0.6 is 0 Å². The molecule has 0 radical (unpaired) electrons. The van der Waals surface area contributed by atoms with Gasteiger partial charge in [-0.05, 0) is 42.8 Å². The first-order chi connectivity index (χ1) is 12.0. The summed E-state index contributed by atoms with van der Waals surface area (Å²) in [6.07, 6.45) is 0.762. The van der Waals surface area contributed by atoms with E-state index in [1.54, 1.807) is 22.5 Å². The van der Waals surface area contributed by atoms with Crippen LogP contribution in [0.15, 0.2) is 35.2 Å². The van der Waals surface area contributed by atoms with Crippen LogP contribution in [0.5, 0.6) is 5.75 Å². The highest BCUT2D eigenvalue weighted by Gasteiger charge is 2.30. The number of aryl methyl sites for hydroxylation is 1. The molecule has 132 valence electrons. The Balaban J connectivity index is 1.48. The third kappa shape index (κ3) is 3.07. The lowest BCUT2D eigenvalue weighted by atomic mass is 10.2. The first-order valence-electron chi connectivity index (χ1n) is 8.35. The Kier molecular flexibility index (Phi) is 4.09. The van der Waals surface area contributed by atoms with Gasteiger partial charge in [0.25, 0.3) is 0 Å². The minimum atomic E-state index is -3.48. The summed E-state index contributed by atoms with van der Waals surface area (Å²) in [5, 5.41) is 8.25. The predicted molar refractivity (Wildman–Crippen MR) is 93.4 cm³/mol. The molecule has 1 aromatic carbocycles. The van der Waals surface area contributed by atoms with Crippen LogP contribution in [0.2, 0.25) is 0 Å². The molecule has 3 heterocycles. The third-order valence-corrected chi connectivity index (χ3v) is 6.54. The second-order valence-corrected chi connectivity index (χ2v) is 8.23. The molecule has 0 aliphatic carbocycles. The summed E-state index contributed by atoms with van der Waals surface area (Å²) in [5.74, 6) is 1.58. The van der Waals surface area contributed by atoms with Crippen molar-refractivity contribution in [1.29, 1.82) is 0 Å². The molecule has 0 spiro atoms. The van der Waals surface area contributed by atoms with E-state index >= 15 is 0 Å². The largest absolute Gasteiger partial charge is 0.493 e. The van der Waals surface area contributed by atoms with Crippen LogP contribution in [0.25, 0.3) is 0 Å². The lowest BCUT2D eigenvalue weighted by Gasteiger charge is -2.34. The number of piperazine rings is 1. The number of hydrogen-bond donors (Lipinski definition) is 0. The number of anilines is 1. The number of sulfonamides is 1. The summed E-state index contributed by atoms with van der Waals surface area (Å²) in [5.41, 5.74) is 1.83. The molecule has 1 saturated heterocycles. The monoisotopic (exact) mass is 360 g/mol. The number of benzene rings is 1. The molecule has 0 bridgehead atoms. The number of nitrogens with zero attached hydrogens (tertiary/aromatic N) is 4. The Morgan fingerprint density at radius 1 is 1.04 bits per heavy atom. The van der Waals surface area contributed by atoms with Crippen LogP contribution in [-0.4, -0.2) is 55.7 Å². The average Bonchev–Trinajstić information content (AvgIpc) is 3.10. The van der Waals surface area contributed by atoms with E-state index in [1.807, 2.05) is 19.1 Å². The molecular formula is C17H20N4O3S. The number of fused-ring (bicyclic) bond motifs is 1. The molecule has 2 aliphatic rings. The normalized spacial score (nSPS) is 18.0. The second kappa shape index (κ2) is 6.27. The van der Waals surface area contributed by atoms with Gasteiger partial charge in [-0.3, -0.25) is 0 Å². The molecule has 0 N–H and O–H groups in total. The van der Waals surface area contributed by atoms with Crippen molar-refractivity contribution in [2.75, 3.05) is 37.7 Å². The van der Waals surface area contributed by atoms with Crippen molar-refractivity contribution in [3.63, 3.8) is 0 Å². The topological polar surface area (TPSA) is 75.6 Å². The lowest BCUT2D eigenvalue weighted by molar-refractivity contribution is 0.356. The highest BCUT2D eigenvalue weighted by molar-refractivity contribution is 7.89. The molecule has 1 fully saturated rings. The third-order valence-electron chi connectivity index (χ3n) is 4.65. The van der Waals surface area contributed by atoms with E-state index in [0.717, 1.165) is 29.2 Å². The van der Waals surface area contributed by atoms with E-state index in [2.05, 4.69) is 15.1 Å². The minimum Gasteiger partial charge on any atom is -0.493 e. The van der Waals surface area contributed by atoms with Crippen LogP contribution in [0, 0.1) is 6.92 Å². The fourth-order valence-electron chi connectivity index (χ4n) is 3.19. The molecule has 1 aromatic heterocycles. The summed E-state index contributed by atoms with van der Waals surface area (Å²) in [6, 6.07) is 8.98.